The van der Waals surface area contributed by atoms with Crippen LogP contribution in [0.5, 0.6) is 0 Å². The zero-order chi connectivity index (χ0) is 18.4. The molecule has 144 valence electrons. The molecular formula is C16H29N3O5S. The van der Waals surface area contributed by atoms with Crippen LogP contribution in [0.4, 0.5) is 4.79 Å². The Labute approximate surface area is 153 Å². The van der Waals surface area contributed by atoms with Gasteiger partial charge in [0, 0.05) is 32.6 Å². The zero-order valence-corrected chi connectivity index (χ0v) is 15.7. The Hall–Kier alpha value is -1.03. The first-order valence-corrected chi connectivity index (χ1v) is 9.77. The van der Waals surface area contributed by atoms with Crippen molar-refractivity contribution in [3.8, 4) is 0 Å². The van der Waals surface area contributed by atoms with E-state index < -0.39 is 29.8 Å². The van der Waals surface area contributed by atoms with Crippen molar-refractivity contribution in [1.29, 1.82) is 5.41 Å². The summed E-state index contributed by atoms with van der Waals surface area (Å²) in [5.74, 6) is 0. The number of aliphatic hydroxyl groups is 2. The molecule has 25 heavy (non-hydrogen) atoms. The second kappa shape index (κ2) is 9.61. The largest absolute Gasteiger partial charge is 0.447 e. The lowest BCUT2D eigenvalue weighted by Gasteiger charge is -2.37. The lowest BCUT2D eigenvalue weighted by Crippen LogP contribution is -2.50. The van der Waals surface area contributed by atoms with E-state index >= 15 is 0 Å². The van der Waals surface area contributed by atoms with Gasteiger partial charge in [-0.25, -0.2) is 4.79 Å². The number of carbonyl (C=O) groups is 1. The summed E-state index contributed by atoms with van der Waals surface area (Å²) in [5.41, 5.74) is -0.441. The molecule has 0 aromatic carbocycles. The monoisotopic (exact) mass is 375 g/mol. The Bertz CT molecular complexity index is 457. The van der Waals surface area contributed by atoms with Gasteiger partial charge in [0.15, 0.2) is 5.17 Å². The normalized spacial score (nSPS) is 29.5. The topological polar surface area (TPSA) is 106 Å². The number of carbonyl (C=O) groups excluding carboxylic acids is 1. The third-order valence-electron chi connectivity index (χ3n) is 4.56. The van der Waals surface area contributed by atoms with E-state index in [-0.39, 0.29) is 13.0 Å². The van der Waals surface area contributed by atoms with Gasteiger partial charge >= 0.3 is 6.09 Å². The van der Waals surface area contributed by atoms with Crippen LogP contribution in [0, 0.1) is 5.41 Å². The van der Waals surface area contributed by atoms with Crippen molar-refractivity contribution in [2.24, 2.45) is 0 Å². The van der Waals surface area contributed by atoms with Gasteiger partial charge in [0.05, 0.1) is 6.10 Å². The molecule has 0 saturated carbocycles. The number of amides is 1. The fraction of sp³-hybridized carbons (Fsp3) is 0.875. The summed E-state index contributed by atoms with van der Waals surface area (Å²) in [6.45, 7) is 6.41. The molecule has 2 fully saturated rings. The molecule has 2 rings (SSSR count). The number of hydrogen-bond acceptors (Lipinski definition) is 7. The highest BCUT2D eigenvalue weighted by Crippen LogP contribution is 2.30. The van der Waals surface area contributed by atoms with E-state index in [2.05, 4.69) is 0 Å². The second-order valence-corrected chi connectivity index (χ2v) is 7.41. The fourth-order valence-corrected chi connectivity index (χ4v) is 4.05. The van der Waals surface area contributed by atoms with Gasteiger partial charge in [-0.1, -0.05) is 11.8 Å². The van der Waals surface area contributed by atoms with Crippen LogP contribution in [-0.4, -0.2) is 87.8 Å². The van der Waals surface area contributed by atoms with Gasteiger partial charge in [-0.15, -0.1) is 0 Å². The maximum absolute atomic E-state index is 11.9. The van der Waals surface area contributed by atoms with Crippen LogP contribution in [0.1, 0.15) is 33.1 Å². The van der Waals surface area contributed by atoms with E-state index in [4.69, 9.17) is 14.9 Å². The SMILES string of the molecule is CCN(CC)C(=O)OC[C@H]1O[C@H](SC(=N)N2CCCC2)C[C@@H](O)[C@@H]1O. The Morgan fingerprint density at radius 3 is 2.56 bits per heavy atom. The van der Waals surface area contributed by atoms with Crippen LogP contribution in [0.2, 0.25) is 0 Å². The number of thioether (sulfide) groups is 1. The number of amidine groups is 1. The Kier molecular flexibility index (Phi) is 7.80. The minimum atomic E-state index is -1.11. The lowest BCUT2D eigenvalue weighted by molar-refractivity contribution is -0.158. The molecule has 3 N–H and O–H groups in total. The number of aliphatic hydroxyl groups excluding tert-OH is 2. The highest BCUT2D eigenvalue weighted by atomic mass is 32.2. The van der Waals surface area contributed by atoms with Crippen LogP contribution >= 0.6 is 11.8 Å². The molecule has 2 heterocycles. The first-order valence-electron chi connectivity index (χ1n) is 8.89. The summed E-state index contributed by atoms with van der Waals surface area (Å²) in [6.07, 6.45) is -0.929. The fourth-order valence-electron chi connectivity index (χ4n) is 2.97. The number of rotatable bonds is 5. The van der Waals surface area contributed by atoms with Crippen molar-refractivity contribution < 1.29 is 24.5 Å². The molecule has 2 aliphatic heterocycles. The van der Waals surface area contributed by atoms with E-state index in [0.29, 0.717) is 18.3 Å². The number of ether oxygens (including phenoxy) is 2. The van der Waals surface area contributed by atoms with Crippen molar-refractivity contribution in [2.75, 3.05) is 32.8 Å². The molecule has 0 radical (unpaired) electrons. The maximum Gasteiger partial charge on any atom is 0.409 e. The molecule has 4 atom stereocenters. The highest BCUT2D eigenvalue weighted by molar-refractivity contribution is 8.14. The van der Waals surface area contributed by atoms with Gasteiger partial charge in [0.25, 0.3) is 0 Å². The summed E-state index contributed by atoms with van der Waals surface area (Å²) in [7, 11) is 0. The molecule has 0 aliphatic carbocycles. The predicted octanol–water partition coefficient (Wildman–Crippen LogP) is 1.07. The zero-order valence-electron chi connectivity index (χ0n) is 14.9. The van der Waals surface area contributed by atoms with Gasteiger partial charge in [0.2, 0.25) is 0 Å². The molecule has 1 amide bonds. The van der Waals surface area contributed by atoms with E-state index in [0.717, 1.165) is 25.9 Å². The minimum Gasteiger partial charge on any atom is -0.447 e. The van der Waals surface area contributed by atoms with Crippen LogP contribution in [0.15, 0.2) is 0 Å². The van der Waals surface area contributed by atoms with Crippen LogP contribution in [0.3, 0.4) is 0 Å². The first-order chi connectivity index (χ1) is 12.0. The van der Waals surface area contributed by atoms with Crippen LogP contribution in [-0.2, 0) is 9.47 Å². The Balaban J connectivity index is 1.86. The van der Waals surface area contributed by atoms with E-state index in [1.165, 1.54) is 16.7 Å². The quantitative estimate of drug-likeness (QED) is 0.487. The summed E-state index contributed by atoms with van der Waals surface area (Å²) in [5, 5.41) is 28.8. The number of nitrogens with zero attached hydrogens (tertiary/aromatic N) is 2. The average Bonchev–Trinajstić information content (AvgIpc) is 3.12. The van der Waals surface area contributed by atoms with Crippen molar-refractivity contribution in [2.45, 2.75) is 56.9 Å². The molecule has 0 spiro atoms. The van der Waals surface area contributed by atoms with Gasteiger partial charge in [-0.3, -0.25) is 5.41 Å². The summed E-state index contributed by atoms with van der Waals surface area (Å²) in [4.78, 5) is 15.4. The number of nitrogens with one attached hydrogen (secondary N) is 1. The summed E-state index contributed by atoms with van der Waals surface area (Å²) >= 11 is 1.24. The molecule has 9 heteroatoms. The van der Waals surface area contributed by atoms with E-state index in [1.54, 1.807) is 0 Å². The molecule has 0 aromatic heterocycles. The standard InChI is InChI=1S/C16H29N3O5S/c1-3-18(4-2)16(22)23-10-12-14(21)11(20)9-13(24-12)25-15(17)19-7-5-6-8-19/h11-14,17,20-21H,3-10H2,1-2H3/t11-,12-,13-,14+/m1/s1. The first kappa shape index (κ1) is 20.3. The molecule has 0 aromatic rings. The number of likely N-dealkylation sites (tertiary alicyclic amines) is 1. The molecule has 2 saturated heterocycles. The highest BCUT2D eigenvalue weighted by Gasteiger charge is 2.39. The maximum atomic E-state index is 11.9. The van der Waals surface area contributed by atoms with Crippen LogP contribution in [0.25, 0.3) is 0 Å². The van der Waals surface area contributed by atoms with Crippen molar-refractivity contribution in [1.82, 2.24) is 9.80 Å². The van der Waals surface area contributed by atoms with Crippen molar-refractivity contribution in [3.63, 3.8) is 0 Å². The molecular weight excluding hydrogens is 346 g/mol. The average molecular weight is 375 g/mol. The van der Waals surface area contributed by atoms with Crippen molar-refractivity contribution in [3.05, 3.63) is 0 Å². The van der Waals surface area contributed by atoms with E-state index in [1.807, 2.05) is 18.7 Å². The smallest absolute Gasteiger partial charge is 0.409 e. The van der Waals surface area contributed by atoms with Gasteiger partial charge in [-0.05, 0) is 26.7 Å². The third-order valence-corrected chi connectivity index (χ3v) is 5.61. The predicted molar refractivity (Wildman–Crippen MR) is 95.7 cm³/mol. The molecule has 2 aliphatic rings. The molecule has 8 nitrogen and oxygen atoms in total. The van der Waals surface area contributed by atoms with Gasteiger partial charge < -0.3 is 29.5 Å². The van der Waals surface area contributed by atoms with E-state index in [9.17, 15) is 15.0 Å². The third kappa shape index (κ3) is 5.47. The van der Waals surface area contributed by atoms with Crippen LogP contribution < -0.4 is 0 Å². The Morgan fingerprint density at radius 2 is 1.96 bits per heavy atom. The van der Waals surface area contributed by atoms with Crippen molar-refractivity contribution >= 4 is 23.0 Å². The number of hydrogen-bond donors (Lipinski definition) is 3. The Morgan fingerprint density at radius 1 is 1.32 bits per heavy atom. The second-order valence-electron chi connectivity index (χ2n) is 6.26. The summed E-state index contributed by atoms with van der Waals surface area (Å²) in [6, 6.07) is 0. The van der Waals surface area contributed by atoms with Gasteiger partial charge in [0.1, 0.15) is 24.3 Å². The minimum absolute atomic E-state index is 0.123. The molecule has 0 bridgehead atoms. The lowest BCUT2D eigenvalue weighted by atomic mass is 10.0. The van der Waals surface area contributed by atoms with Gasteiger partial charge in [-0.2, -0.15) is 0 Å². The molecule has 0 unspecified atom stereocenters. The summed E-state index contributed by atoms with van der Waals surface area (Å²) < 4.78 is 11.0.